The Morgan fingerprint density at radius 1 is 1.36 bits per heavy atom. The number of nitrogens with zero attached hydrogens (tertiary/aromatic N) is 6. The Morgan fingerprint density at radius 3 is 2.88 bits per heavy atom. The van der Waals surface area contributed by atoms with Crippen LogP contribution in [0.5, 0.6) is 0 Å². The second kappa shape index (κ2) is 7.19. The highest BCUT2D eigenvalue weighted by molar-refractivity contribution is 7.18. The van der Waals surface area contributed by atoms with Crippen LogP contribution in [-0.4, -0.2) is 36.3 Å². The number of rotatable bonds is 5. The fourth-order valence-electron chi connectivity index (χ4n) is 2.08. The predicted octanol–water partition coefficient (Wildman–Crippen LogP) is 2.75. The molecule has 130 valence electrons. The van der Waals surface area contributed by atoms with Crippen molar-refractivity contribution >= 4 is 34.0 Å². The third-order valence-electron chi connectivity index (χ3n) is 3.20. The lowest BCUT2D eigenvalue weighted by Crippen LogP contribution is -2.21. The Kier molecular flexibility index (Phi) is 5.00. The fraction of sp³-hybridized carbons (Fsp3) is 0.286. The normalized spacial score (nSPS) is 11.1. The van der Waals surface area contributed by atoms with E-state index in [-0.39, 0.29) is 29.1 Å². The molecule has 0 fully saturated rings. The van der Waals surface area contributed by atoms with Gasteiger partial charge in [-0.25, -0.2) is 9.07 Å². The fourth-order valence-corrected chi connectivity index (χ4v) is 3.02. The summed E-state index contributed by atoms with van der Waals surface area (Å²) in [6.45, 7) is 3.81. The first-order valence-corrected chi connectivity index (χ1v) is 8.48. The Bertz CT molecular complexity index is 910. The number of carbonyl (C=O) groups is 1. The smallest absolute Gasteiger partial charge is 0.248 e. The number of amides is 1. The van der Waals surface area contributed by atoms with E-state index in [0.29, 0.717) is 15.9 Å². The average molecular weight is 382 g/mol. The second-order valence-electron chi connectivity index (χ2n) is 5.43. The van der Waals surface area contributed by atoms with Gasteiger partial charge >= 0.3 is 0 Å². The maximum Gasteiger partial charge on any atom is 0.248 e. The molecule has 2 aromatic heterocycles. The van der Waals surface area contributed by atoms with Gasteiger partial charge in [-0.3, -0.25) is 10.1 Å². The van der Waals surface area contributed by atoms with Crippen molar-refractivity contribution in [2.75, 3.05) is 5.32 Å². The first-order chi connectivity index (χ1) is 11.9. The van der Waals surface area contributed by atoms with Gasteiger partial charge < -0.3 is 0 Å². The van der Waals surface area contributed by atoms with Gasteiger partial charge in [0.2, 0.25) is 11.0 Å². The first-order valence-electron chi connectivity index (χ1n) is 7.29. The number of anilines is 1. The average Bonchev–Trinajstić information content (AvgIpc) is 3.16. The lowest BCUT2D eigenvalue weighted by atomic mass is 10.2. The first kappa shape index (κ1) is 17.4. The van der Waals surface area contributed by atoms with Gasteiger partial charge in [0.1, 0.15) is 12.4 Å². The van der Waals surface area contributed by atoms with Gasteiger partial charge in [0, 0.05) is 16.5 Å². The Morgan fingerprint density at radius 2 is 2.16 bits per heavy atom. The molecule has 0 saturated carbocycles. The van der Waals surface area contributed by atoms with E-state index in [1.165, 1.54) is 16.8 Å². The lowest BCUT2D eigenvalue weighted by molar-refractivity contribution is -0.117. The number of hydrogen-bond acceptors (Lipinski definition) is 7. The molecule has 2 heterocycles. The topological polar surface area (TPSA) is 98.5 Å². The monoisotopic (exact) mass is 381 g/mol. The van der Waals surface area contributed by atoms with Gasteiger partial charge in [-0.2, -0.15) is 0 Å². The third-order valence-corrected chi connectivity index (χ3v) is 4.31. The van der Waals surface area contributed by atoms with E-state index >= 15 is 0 Å². The molecule has 0 aliphatic carbocycles. The van der Waals surface area contributed by atoms with Crippen molar-refractivity contribution in [1.82, 2.24) is 30.4 Å². The van der Waals surface area contributed by atoms with E-state index in [9.17, 15) is 9.18 Å². The van der Waals surface area contributed by atoms with Crippen molar-refractivity contribution in [1.29, 1.82) is 0 Å². The number of halogens is 2. The zero-order valence-corrected chi connectivity index (χ0v) is 14.8. The van der Waals surface area contributed by atoms with Crippen LogP contribution in [0.2, 0.25) is 5.02 Å². The number of carbonyl (C=O) groups excluding carboxylic acids is 1. The van der Waals surface area contributed by atoms with Gasteiger partial charge in [-0.1, -0.05) is 36.8 Å². The highest BCUT2D eigenvalue weighted by atomic mass is 35.5. The van der Waals surface area contributed by atoms with Crippen LogP contribution in [0.25, 0.3) is 10.6 Å². The number of tetrazole rings is 1. The molecule has 3 aromatic rings. The highest BCUT2D eigenvalue weighted by Gasteiger charge is 2.16. The van der Waals surface area contributed by atoms with Crippen LogP contribution < -0.4 is 5.32 Å². The molecule has 0 aliphatic heterocycles. The molecular formula is C14H13ClFN7OS. The van der Waals surface area contributed by atoms with Crippen molar-refractivity contribution < 1.29 is 9.18 Å². The van der Waals surface area contributed by atoms with Crippen LogP contribution >= 0.6 is 22.9 Å². The summed E-state index contributed by atoms with van der Waals surface area (Å²) in [6.07, 6.45) is 0. The molecule has 0 spiro atoms. The van der Waals surface area contributed by atoms with Gasteiger partial charge in [0.05, 0.1) is 0 Å². The van der Waals surface area contributed by atoms with E-state index < -0.39 is 5.82 Å². The highest BCUT2D eigenvalue weighted by Crippen LogP contribution is 2.29. The van der Waals surface area contributed by atoms with E-state index in [0.717, 1.165) is 11.3 Å². The molecule has 0 aliphatic rings. The predicted molar refractivity (Wildman–Crippen MR) is 90.8 cm³/mol. The molecule has 1 N–H and O–H groups in total. The molecule has 1 aromatic carbocycles. The standard InChI is InChI=1S/C14H13ClFN7OS/c1-7(2)12-18-21-22-23(12)6-11(24)17-14-20-19-13(25-14)9-4-3-8(15)5-10(9)16/h3-5,7H,6H2,1-2H3,(H,17,20,24). The van der Waals surface area contributed by atoms with Gasteiger partial charge in [0.25, 0.3) is 0 Å². The van der Waals surface area contributed by atoms with Crippen molar-refractivity contribution in [2.45, 2.75) is 26.3 Å². The van der Waals surface area contributed by atoms with Crippen molar-refractivity contribution in [3.05, 3.63) is 34.9 Å². The summed E-state index contributed by atoms with van der Waals surface area (Å²) in [4.78, 5) is 12.1. The molecule has 8 nitrogen and oxygen atoms in total. The quantitative estimate of drug-likeness (QED) is 0.729. The summed E-state index contributed by atoms with van der Waals surface area (Å²) < 4.78 is 15.3. The molecule has 25 heavy (non-hydrogen) atoms. The van der Waals surface area contributed by atoms with E-state index in [4.69, 9.17) is 11.6 Å². The maximum atomic E-state index is 13.9. The maximum absolute atomic E-state index is 13.9. The van der Waals surface area contributed by atoms with Crippen molar-refractivity contribution in [3.8, 4) is 10.6 Å². The van der Waals surface area contributed by atoms with Crippen LogP contribution in [0.3, 0.4) is 0 Å². The summed E-state index contributed by atoms with van der Waals surface area (Å²) in [7, 11) is 0. The molecule has 1 amide bonds. The number of hydrogen-bond donors (Lipinski definition) is 1. The molecule has 0 bridgehead atoms. The Balaban J connectivity index is 1.71. The molecule has 3 rings (SSSR count). The van der Waals surface area contributed by atoms with Crippen molar-refractivity contribution in [3.63, 3.8) is 0 Å². The van der Waals surface area contributed by atoms with Gasteiger partial charge in [-0.15, -0.1) is 15.3 Å². The number of benzene rings is 1. The van der Waals surface area contributed by atoms with Crippen LogP contribution in [0.4, 0.5) is 9.52 Å². The van der Waals surface area contributed by atoms with Crippen LogP contribution in [0.15, 0.2) is 18.2 Å². The molecule has 0 unspecified atom stereocenters. The minimum Gasteiger partial charge on any atom is -0.299 e. The minimum absolute atomic E-state index is 0.0509. The summed E-state index contributed by atoms with van der Waals surface area (Å²) in [6, 6.07) is 4.27. The van der Waals surface area contributed by atoms with Gasteiger partial charge in [-0.05, 0) is 28.6 Å². The zero-order chi connectivity index (χ0) is 18.0. The molecular weight excluding hydrogens is 369 g/mol. The SMILES string of the molecule is CC(C)c1nnnn1CC(=O)Nc1nnc(-c2ccc(Cl)cc2F)s1. The summed E-state index contributed by atoms with van der Waals surface area (Å²) >= 11 is 6.79. The molecule has 0 saturated heterocycles. The number of nitrogens with one attached hydrogen (secondary N) is 1. The van der Waals surface area contributed by atoms with Crippen molar-refractivity contribution in [2.24, 2.45) is 0 Å². The molecule has 0 radical (unpaired) electrons. The summed E-state index contributed by atoms with van der Waals surface area (Å²) in [5.74, 6) is -0.162. The Hall–Kier alpha value is -2.46. The Labute approximate surface area is 151 Å². The molecule has 0 atom stereocenters. The summed E-state index contributed by atoms with van der Waals surface area (Å²) in [5.41, 5.74) is 0.268. The lowest BCUT2D eigenvalue weighted by Gasteiger charge is -2.06. The van der Waals surface area contributed by atoms with Crippen LogP contribution in [-0.2, 0) is 11.3 Å². The zero-order valence-electron chi connectivity index (χ0n) is 13.3. The minimum atomic E-state index is -0.503. The summed E-state index contributed by atoms with van der Waals surface area (Å²) in [5, 5.41) is 22.5. The number of aromatic nitrogens is 6. The van der Waals surface area contributed by atoms with E-state index in [2.05, 4.69) is 31.0 Å². The van der Waals surface area contributed by atoms with Gasteiger partial charge in [0.15, 0.2) is 10.8 Å². The third kappa shape index (κ3) is 3.97. The second-order valence-corrected chi connectivity index (χ2v) is 6.85. The molecule has 11 heteroatoms. The van der Waals surface area contributed by atoms with E-state index in [1.54, 1.807) is 6.07 Å². The van der Waals surface area contributed by atoms with Crippen LogP contribution in [0, 0.1) is 5.82 Å². The largest absolute Gasteiger partial charge is 0.299 e. The van der Waals surface area contributed by atoms with E-state index in [1.807, 2.05) is 13.8 Å². The van der Waals surface area contributed by atoms with Crippen LogP contribution in [0.1, 0.15) is 25.6 Å².